The summed E-state index contributed by atoms with van der Waals surface area (Å²) in [5, 5.41) is 0. The second-order valence-electron chi connectivity index (χ2n) is 4.97. The molecule has 0 unspecified atom stereocenters. The molecule has 2 saturated carbocycles. The van der Waals surface area contributed by atoms with Gasteiger partial charge in [-0.05, 0) is 31.6 Å². The van der Waals surface area contributed by atoms with E-state index < -0.39 is 11.5 Å². The van der Waals surface area contributed by atoms with Crippen LogP contribution < -0.4 is 11.0 Å². The van der Waals surface area contributed by atoms with E-state index in [-0.39, 0.29) is 5.56 Å². The van der Waals surface area contributed by atoms with Gasteiger partial charge in [-0.15, -0.1) is 0 Å². The zero-order chi connectivity index (χ0) is 12.5. The molecule has 0 saturated heterocycles. The van der Waals surface area contributed by atoms with E-state index in [1.807, 2.05) is 0 Å². The van der Waals surface area contributed by atoms with Crippen molar-refractivity contribution in [2.45, 2.75) is 31.6 Å². The highest BCUT2D eigenvalue weighted by Crippen LogP contribution is 2.37. The highest BCUT2D eigenvalue weighted by molar-refractivity contribution is 5.92. The van der Waals surface area contributed by atoms with Crippen LogP contribution in [0.2, 0.25) is 0 Å². The zero-order valence-corrected chi connectivity index (χ0v) is 9.94. The van der Waals surface area contributed by atoms with E-state index in [1.54, 1.807) is 0 Å². The first-order valence-corrected chi connectivity index (χ1v) is 6.25. The molecule has 1 amide bonds. The number of hydrogen-bond donors (Lipinski definition) is 2. The lowest BCUT2D eigenvalue weighted by molar-refractivity contribution is 0.0268. The molecule has 1 heterocycles. The average Bonchev–Trinajstić information content (AvgIpc) is 3.22. The molecule has 6 heteroatoms. The number of aromatic nitrogens is 2. The van der Waals surface area contributed by atoms with Crippen LogP contribution >= 0.6 is 0 Å². The standard InChI is InChI=1S/C12H15N3O3/c16-11-9(5-13-10(14-11)8-3-4-8)12(17)15-18-6-7-1-2-7/h5,7-8H,1-4,6H2,(H,15,17)(H,13,14,16). The second kappa shape index (κ2) is 4.53. The largest absolute Gasteiger partial charge is 0.310 e. The van der Waals surface area contributed by atoms with Gasteiger partial charge in [-0.1, -0.05) is 0 Å². The van der Waals surface area contributed by atoms with Crippen LogP contribution in [-0.4, -0.2) is 22.5 Å². The summed E-state index contributed by atoms with van der Waals surface area (Å²) in [7, 11) is 0. The van der Waals surface area contributed by atoms with Gasteiger partial charge in [0.15, 0.2) is 0 Å². The number of nitrogens with one attached hydrogen (secondary N) is 2. The van der Waals surface area contributed by atoms with Crippen LogP contribution in [0.15, 0.2) is 11.0 Å². The maximum atomic E-state index is 11.7. The zero-order valence-electron chi connectivity index (χ0n) is 9.94. The minimum atomic E-state index is -0.535. The molecule has 0 atom stereocenters. The lowest BCUT2D eigenvalue weighted by Crippen LogP contribution is -2.31. The summed E-state index contributed by atoms with van der Waals surface area (Å²) in [4.78, 5) is 35.2. The maximum Gasteiger partial charge on any atom is 0.282 e. The summed E-state index contributed by atoms with van der Waals surface area (Å²) in [5.41, 5.74) is 1.87. The van der Waals surface area contributed by atoms with Crippen molar-refractivity contribution in [2.75, 3.05) is 6.61 Å². The molecule has 2 fully saturated rings. The van der Waals surface area contributed by atoms with Crippen molar-refractivity contribution in [3.05, 3.63) is 27.9 Å². The van der Waals surface area contributed by atoms with Crippen LogP contribution in [0.5, 0.6) is 0 Å². The quantitative estimate of drug-likeness (QED) is 0.753. The number of amides is 1. The molecular formula is C12H15N3O3. The van der Waals surface area contributed by atoms with E-state index >= 15 is 0 Å². The molecule has 96 valence electrons. The first-order valence-electron chi connectivity index (χ1n) is 6.25. The third-order valence-electron chi connectivity index (χ3n) is 3.21. The van der Waals surface area contributed by atoms with Crippen molar-refractivity contribution in [1.82, 2.24) is 15.4 Å². The predicted octanol–water partition coefficient (Wildman–Crippen LogP) is 0.719. The van der Waals surface area contributed by atoms with Gasteiger partial charge in [-0.2, -0.15) is 0 Å². The van der Waals surface area contributed by atoms with Crippen molar-refractivity contribution in [3.63, 3.8) is 0 Å². The Morgan fingerprint density at radius 1 is 1.44 bits per heavy atom. The average molecular weight is 249 g/mol. The summed E-state index contributed by atoms with van der Waals surface area (Å²) in [6.45, 7) is 0.511. The third kappa shape index (κ3) is 2.59. The van der Waals surface area contributed by atoms with Gasteiger partial charge in [0.2, 0.25) is 0 Å². The van der Waals surface area contributed by atoms with Gasteiger partial charge in [-0.25, -0.2) is 10.5 Å². The number of rotatable bonds is 5. The highest BCUT2D eigenvalue weighted by atomic mass is 16.7. The molecule has 2 aliphatic carbocycles. The molecule has 6 nitrogen and oxygen atoms in total. The van der Waals surface area contributed by atoms with Gasteiger partial charge >= 0.3 is 0 Å². The smallest absolute Gasteiger partial charge is 0.282 e. The van der Waals surface area contributed by atoms with Crippen LogP contribution in [0.1, 0.15) is 47.8 Å². The number of nitrogens with zero attached hydrogens (tertiary/aromatic N) is 1. The minimum absolute atomic E-state index is 0.00445. The molecule has 3 rings (SSSR count). The number of aromatic amines is 1. The highest BCUT2D eigenvalue weighted by Gasteiger charge is 2.27. The Balaban J connectivity index is 1.62. The van der Waals surface area contributed by atoms with Crippen molar-refractivity contribution in [3.8, 4) is 0 Å². The number of hydroxylamine groups is 1. The van der Waals surface area contributed by atoms with Crippen molar-refractivity contribution < 1.29 is 9.63 Å². The fraction of sp³-hybridized carbons (Fsp3) is 0.583. The van der Waals surface area contributed by atoms with E-state index in [9.17, 15) is 9.59 Å². The van der Waals surface area contributed by atoms with Crippen molar-refractivity contribution in [1.29, 1.82) is 0 Å². The summed E-state index contributed by atoms with van der Waals surface area (Å²) in [5.74, 6) is 1.06. The molecule has 0 spiro atoms. The van der Waals surface area contributed by atoms with Crippen LogP contribution in [0.4, 0.5) is 0 Å². The number of H-pyrrole nitrogens is 1. The van der Waals surface area contributed by atoms with Crippen LogP contribution in [-0.2, 0) is 4.84 Å². The Hall–Kier alpha value is -1.69. The summed E-state index contributed by atoms with van der Waals surface area (Å²) in [6.07, 6.45) is 5.72. The SMILES string of the molecule is O=C(NOCC1CC1)c1cnc(C2CC2)[nH]c1=O. The normalized spacial score (nSPS) is 18.7. The number of hydrogen-bond acceptors (Lipinski definition) is 4. The maximum absolute atomic E-state index is 11.7. The van der Waals surface area contributed by atoms with E-state index in [2.05, 4.69) is 15.4 Å². The lowest BCUT2D eigenvalue weighted by atomic mass is 10.3. The Labute approximate surface area is 104 Å². The van der Waals surface area contributed by atoms with Gasteiger partial charge in [-0.3, -0.25) is 14.4 Å². The topological polar surface area (TPSA) is 84.1 Å². The van der Waals surface area contributed by atoms with Gasteiger partial charge in [0.25, 0.3) is 11.5 Å². The lowest BCUT2D eigenvalue weighted by Gasteiger charge is -2.04. The van der Waals surface area contributed by atoms with E-state index in [4.69, 9.17) is 4.84 Å². The summed E-state index contributed by atoms with van der Waals surface area (Å²) >= 11 is 0. The molecule has 1 aromatic rings. The second-order valence-corrected chi connectivity index (χ2v) is 4.97. The van der Waals surface area contributed by atoms with Gasteiger partial charge in [0, 0.05) is 12.1 Å². The molecule has 0 aliphatic heterocycles. The fourth-order valence-electron chi connectivity index (χ4n) is 1.70. The summed E-state index contributed by atoms with van der Waals surface area (Å²) < 4.78 is 0. The van der Waals surface area contributed by atoms with E-state index in [1.165, 1.54) is 6.20 Å². The fourth-order valence-corrected chi connectivity index (χ4v) is 1.70. The summed E-state index contributed by atoms with van der Waals surface area (Å²) in [6, 6.07) is 0. The van der Waals surface area contributed by atoms with Gasteiger partial charge in [0.05, 0.1) is 6.61 Å². The molecule has 1 aromatic heterocycles. The third-order valence-corrected chi connectivity index (χ3v) is 3.21. The molecule has 18 heavy (non-hydrogen) atoms. The molecule has 2 aliphatic rings. The minimum Gasteiger partial charge on any atom is -0.310 e. The van der Waals surface area contributed by atoms with Crippen molar-refractivity contribution in [2.24, 2.45) is 5.92 Å². The van der Waals surface area contributed by atoms with E-state index in [0.717, 1.165) is 25.7 Å². The Bertz CT molecular complexity index is 518. The number of carbonyl (C=O) groups is 1. The monoisotopic (exact) mass is 249 g/mol. The van der Waals surface area contributed by atoms with Crippen LogP contribution in [0.3, 0.4) is 0 Å². The first kappa shape index (κ1) is 11.4. The van der Waals surface area contributed by atoms with Crippen LogP contribution in [0, 0.1) is 5.92 Å². The molecular weight excluding hydrogens is 234 g/mol. The number of carbonyl (C=O) groups excluding carboxylic acids is 1. The van der Waals surface area contributed by atoms with Gasteiger partial charge < -0.3 is 4.98 Å². The van der Waals surface area contributed by atoms with E-state index in [0.29, 0.717) is 24.3 Å². The molecule has 0 bridgehead atoms. The Morgan fingerprint density at radius 2 is 2.22 bits per heavy atom. The molecule has 0 radical (unpaired) electrons. The molecule has 2 N–H and O–H groups in total. The first-order chi connectivity index (χ1) is 8.74. The van der Waals surface area contributed by atoms with Gasteiger partial charge in [0.1, 0.15) is 11.4 Å². The Morgan fingerprint density at radius 3 is 2.83 bits per heavy atom. The molecule has 0 aromatic carbocycles. The van der Waals surface area contributed by atoms with Crippen molar-refractivity contribution >= 4 is 5.91 Å². The Kier molecular flexibility index (Phi) is 2.87. The van der Waals surface area contributed by atoms with Crippen LogP contribution in [0.25, 0.3) is 0 Å². The predicted molar refractivity (Wildman–Crippen MR) is 63.0 cm³/mol.